The van der Waals surface area contributed by atoms with Crippen LogP contribution in [-0.4, -0.2) is 38.9 Å². The molecule has 0 radical (unpaired) electrons. The van der Waals surface area contributed by atoms with Crippen molar-refractivity contribution in [2.45, 2.75) is 38.0 Å². The van der Waals surface area contributed by atoms with Crippen LogP contribution in [0, 0.1) is 5.92 Å². The predicted molar refractivity (Wildman–Crippen MR) is 117 cm³/mol. The number of nitrogens with zero attached hydrogens (tertiary/aromatic N) is 2. The fraction of sp³-hybridized carbons (Fsp3) is 0.409. The zero-order valence-electron chi connectivity index (χ0n) is 16.8. The number of carbonyl (C=O) groups excluding carboxylic acids is 1. The Morgan fingerprint density at radius 1 is 1.10 bits per heavy atom. The minimum absolute atomic E-state index is 0.0684. The smallest absolute Gasteiger partial charge is 0.264 e. The van der Waals surface area contributed by atoms with Crippen molar-refractivity contribution in [3.63, 3.8) is 0 Å². The lowest BCUT2D eigenvalue weighted by Crippen LogP contribution is -2.34. The van der Waals surface area contributed by atoms with Gasteiger partial charge in [-0.1, -0.05) is 36.7 Å². The summed E-state index contributed by atoms with van der Waals surface area (Å²) in [6.45, 7) is 5.42. The first-order valence-corrected chi connectivity index (χ1v) is 11.9. The Morgan fingerprint density at radius 3 is 2.38 bits per heavy atom. The summed E-state index contributed by atoms with van der Waals surface area (Å²) in [6, 6.07) is 13.3. The monoisotopic (exact) mass is 434 g/mol. The first kappa shape index (κ1) is 21.7. The van der Waals surface area contributed by atoms with Gasteiger partial charge in [0.15, 0.2) is 0 Å². The molecule has 7 heteroatoms. The van der Waals surface area contributed by atoms with Gasteiger partial charge in [-0.05, 0) is 62.4 Å². The highest BCUT2D eigenvalue weighted by atomic mass is 35.5. The maximum absolute atomic E-state index is 13.3. The first-order chi connectivity index (χ1) is 13.9. The molecule has 5 nitrogen and oxygen atoms in total. The molecule has 1 fully saturated rings. The Hall–Kier alpha value is -2.05. The molecule has 0 aromatic heterocycles. The summed E-state index contributed by atoms with van der Waals surface area (Å²) in [5.74, 6) is 0.341. The van der Waals surface area contributed by atoms with Gasteiger partial charge in [-0.25, -0.2) is 8.42 Å². The van der Waals surface area contributed by atoms with Crippen molar-refractivity contribution in [3.8, 4) is 0 Å². The lowest BCUT2D eigenvalue weighted by Gasteiger charge is -2.25. The number of anilines is 1. The molecular weight excluding hydrogens is 408 g/mol. The lowest BCUT2D eigenvalue weighted by atomic mass is 10.2. The second-order valence-electron chi connectivity index (χ2n) is 7.34. The maximum atomic E-state index is 13.3. The number of amides is 1. The summed E-state index contributed by atoms with van der Waals surface area (Å²) in [6.07, 6.45) is 3.11. The number of rotatable bonds is 9. The van der Waals surface area contributed by atoms with Crippen molar-refractivity contribution < 1.29 is 13.2 Å². The normalized spacial score (nSPS) is 13.9. The number of sulfonamides is 1. The molecule has 2 aromatic rings. The molecule has 0 aliphatic heterocycles. The number of carbonyl (C=O) groups is 1. The van der Waals surface area contributed by atoms with E-state index in [1.165, 1.54) is 22.5 Å². The largest absolute Gasteiger partial charge is 0.338 e. The van der Waals surface area contributed by atoms with Crippen LogP contribution < -0.4 is 4.31 Å². The van der Waals surface area contributed by atoms with Crippen LogP contribution in [0.1, 0.15) is 43.5 Å². The Kier molecular flexibility index (Phi) is 6.85. The van der Waals surface area contributed by atoms with Crippen LogP contribution in [0.4, 0.5) is 5.69 Å². The summed E-state index contributed by atoms with van der Waals surface area (Å²) in [5, 5.41) is 0.272. The van der Waals surface area contributed by atoms with Crippen LogP contribution in [0.2, 0.25) is 5.02 Å². The van der Waals surface area contributed by atoms with E-state index in [0.29, 0.717) is 24.7 Å². The third-order valence-corrected chi connectivity index (χ3v) is 7.27. The fourth-order valence-corrected chi connectivity index (χ4v) is 5.07. The third-order valence-electron chi connectivity index (χ3n) is 5.04. The van der Waals surface area contributed by atoms with Gasteiger partial charge in [-0.3, -0.25) is 9.10 Å². The number of para-hydroxylation sites is 1. The summed E-state index contributed by atoms with van der Waals surface area (Å²) in [7, 11) is -3.82. The molecule has 29 heavy (non-hydrogen) atoms. The first-order valence-electron chi connectivity index (χ1n) is 10.0. The van der Waals surface area contributed by atoms with Gasteiger partial charge in [-0.2, -0.15) is 0 Å². The van der Waals surface area contributed by atoms with E-state index in [2.05, 4.69) is 0 Å². The lowest BCUT2D eigenvalue weighted by molar-refractivity contribution is 0.0747. The molecule has 1 aliphatic rings. The second kappa shape index (κ2) is 9.18. The van der Waals surface area contributed by atoms with Gasteiger partial charge in [0.25, 0.3) is 15.9 Å². The van der Waals surface area contributed by atoms with Gasteiger partial charge >= 0.3 is 0 Å². The predicted octanol–water partition coefficient (Wildman–Crippen LogP) is 4.82. The van der Waals surface area contributed by atoms with Crippen LogP contribution >= 0.6 is 11.6 Å². The van der Waals surface area contributed by atoms with Crippen LogP contribution in [0.5, 0.6) is 0 Å². The summed E-state index contributed by atoms with van der Waals surface area (Å²) >= 11 is 6.31. The fourth-order valence-electron chi connectivity index (χ4n) is 3.37. The van der Waals surface area contributed by atoms with E-state index in [1.807, 2.05) is 13.0 Å². The molecule has 0 atom stereocenters. The Balaban J connectivity index is 1.95. The molecule has 3 rings (SSSR count). The summed E-state index contributed by atoms with van der Waals surface area (Å²) in [5.41, 5.74) is 0.824. The Morgan fingerprint density at radius 2 is 1.79 bits per heavy atom. The molecule has 2 aromatic carbocycles. The molecule has 0 bridgehead atoms. The van der Waals surface area contributed by atoms with Crippen molar-refractivity contribution in [3.05, 3.63) is 59.1 Å². The van der Waals surface area contributed by atoms with Crippen molar-refractivity contribution >= 4 is 33.2 Å². The average Bonchev–Trinajstić information content (AvgIpc) is 3.52. The number of hydrogen-bond acceptors (Lipinski definition) is 3. The van der Waals surface area contributed by atoms with E-state index >= 15 is 0 Å². The molecule has 0 N–H and O–H groups in total. The van der Waals surface area contributed by atoms with E-state index in [0.717, 1.165) is 19.3 Å². The van der Waals surface area contributed by atoms with Gasteiger partial charge < -0.3 is 4.90 Å². The van der Waals surface area contributed by atoms with E-state index in [4.69, 9.17) is 11.6 Å². The van der Waals surface area contributed by atoms with Crippen LogP contribution in [0.3, 0.4) is 0 Å². The van der Waals surface area contributed by atoms with Gasteiger partial charge in [0.05, 0.1) is 21.2 Å². The topological polar surface area (TPSA) is 57.7 Å². The molecule has 0 unspecified atom stereocenters. The van der Waals surface area contributed by atoms with Crippen LogP contribution in [-0.2, 0) is 10.0 Å². The van der Waals surface area contributed by atoms with Crippen molar-refractivity contribution in [2.24, 2.45) is 5.92 Å². The molecule has 1 amide bonds. The third kappa shape index (κ3) is 4.93. The summed E-state index contributed by atoms with van der Waals surface area (Å²) in [4.78, 5) is 15.0. The molecule has 0 heterocycles. The molecular formula is C22H27ClN2O3S. The van der Waals surface area contributed by atoms with E-state index < -0.39 is 10.0 Å². The highest BCUT2D eigenvalue weighted by molar-refractivity contribution is 7.92. The quantitative estimate of drug-likeness (QED) is 0.568. The van der Waals surface area contributed by atoms with Gasteiger partial charge in [0.1, 0.15) is 0 Å². The van der Waals surface area contributed by atoms with E-state index in [1.54, 1.807) is 36.1 Å². The van der Waals surface area contributed by atoms with Gasteiger partial charge in [0, 0.05) is 19.6 Å². The van der Waals surface area contributed by atoms with Gasteiger partial charge in [0.2, 0.25) is 0 Å². The minimum atomic E-state index is -3.82. The zero-order chi connectivity index (χ0) is 21.0. The molecule has 156 valence electrons. The van der Waals surface area contributed by atoms with Crippen molar-refractivity contribution in [2.75, 3.05) is 23.9 Å². The second-order valence-corrected chi connectivity index (χ2v) is 9.61. The highest BCUT2D eigenvalue weighted by Gasteiger charge is 2.29. The molecule has 1 aliphatic carbocycles. The van der Waals surface area contributed by atoms with Crippen LogP contribution in [0.25, 0.3) is 0 Å². The molecule has 0 saturated heterocycles. The average molecular weight is 435 g/mol. The minimum Gasteiger partial charge on any atom is -0.338 e. The van der Waals surface area contributed by atoms with Crippen molar-refractivity contribution in [1.29, 1.82) is 0 Å². The zero-order valence-corrected chi connectivity index (χ0v) is 18.4. The SMILES string of the molecule is CCCN(CC1CC1)C(=O)c1cc(S(=O)(=O)N(CC)c2ccccc2)ccc1Cl. The Bertz CT molecular complexity index is 959. The summed E-state index contributed by atoms with van der Waals surface area (Å²) < 4.78 is 27.9. The van der Waals surface area contributed by atoms with E-state index in [9.17, 15) is 13.2 Å². The maximum Gasteiger partial charge on any atom is 0.264 e. The number of benzene rings is 2. The highest BCUT2D eigenvalue weighted by Crippen LogP contribution is 2.31. The molecule has 1 saturated carbocycles. The van der Waals surface area contributed by atoms with Crippen molar-refractivity contribution in [1.82, 2.24) is 4.90 Å². The Labute approximate surface area is 178 Å². The number of halogens is 1. The van der Waals surface area contributed by atoms with Gasteiger partial charge in [-0.15, -0.1) is 0 Å². The molecule has 0 spiro atoms. The number of hydrogen-bond donors (Lipinski definition) is 0. The van der Waals surface area contributed by atoms with E-state index in [-0.39, 0.29) is 27.9 Å². The standard InChI is InChI=1S/C22H27ClN2O3S/c1-3-14-24(16-17-10-11-17)22(26)20-15-19(12-13-21(20)23)29(27,28)25(4-2)18-8-6-5-7-9-18/h5-9,12-13,15,17H,3-4,10-11,14,16H2,1-2H3. The van der Waals surface area contributed by atoms with Crippen LogP contribution in [0.15, 0.2) is 53.4 Å².